The second kappa shape index (κ2) is 4.00. The van der Waals surface area contributed by atoms with Crippen LogP contribution in [0.25, 0.3) is 0 Å². The van der Waals surface area contributed by atoms with E-state index in [1.807, 2.05) is 4.72 Å². The minimum Gasteiger partial charge on any atom is -0.443 e. The van der Waals surface area contributed by atoms with E-state index in [2.05, 4.69) is 0 Å². The summed E-state index contributed by atoms with van der Waals surface area (Å²) in [5.41, 5.74) is -0.711. The highest BCUT2D eigenvalue weighted by Crippen LogP contribution is 2.14. The van der Waals surface area contributed by atoms with Crippen molar-refractivity contribution in [3.05, 3.63) is 0 Å². The Morgan fingerprint density at radius 3 is 1.73 bits per heavy atom. The van der Waals surface area contributed by atoms with Gasteiger partial charge in [0.25, 0.3) is 0 Å². The van der Waals surface area contributed by atoms with Gasteiger partial charge in [-0.1, -0.05) is 0 Å². The summed E-state index contributed by atoms with van der Waals surface area (Å²) in [5.74, 6) is 0. The van der Waals surface area contributed by atoms with Crippen molar-refractivity contribution in [3.8, 4) is 0 Å². The summed E-state index contributed by atoms with van der Waals surface area (Å²) in [7, 11) is -3.69. The Balaban J connectivity index is 4.58. The molecule has 1 amide bonds. The van der Waals surface area contributed by atoms with E-state index in [-0.39, 0.29) is 0 Å². The normalized spacial score (nSPS) is 13.5. The third-order valence-electron chi connectivity index (χ3n) is 1.42. The van der Waals surface area contributed by atoms with Crippen LogP contribution in [0.2, 0.25) is 0 Å². The van der Waals surface area contributed by atoms with E-state index in [1.54, 1.807) is 20.8 Å². The highest BCUT2D eigenvalue weighted by atomic mass is 32.2. The lowest BCUT2D eigenvalue weighted by molar-refractivity contribution is 0.0569. The molecule has 5 nitrogen and oxygen atoms in total. The second-order valence-corrected chi connectivity index (χ2v) is 7.66. The van der Waals surface area contributed by atoms with Gasteiger partial charge < -0.3 is 4.74 Å². The molecule has 0 aliphatic carbocycles. The molecular weight excluding hydrogens is 218 g/mol. The molecule has 0 unspecified atom stereocenters. The average Bonchev–Trinajstić information content (AvgIpc) is 1.75. The van der Waals surface area contributed by atoms with Gasteiger partial charge in [-0.25, -0.2) is 17.9 Å². The van der Waals surface area contributed by atoms with Gasteiger partial charge in [-0.3, -0.25) is 0 Å². The summed E-state index contributed by atoms with van der Waals surface area (Å²) < 4.78 is 28.7. The summed E-state index contributed by atoms with van der Waals surface area (Å²) in [5, 5.41) is 0. The standard InChI is InChI=1S/C9H19NO4S/c1-8(2,3)14-7(11)10-15(12,13)9(4,5)6/h1-6H3,(H,10,11). The Morgan fingerprint density at radius 2 is 1.47 bits per heavy atom. The van der Waals surface area contributed by atoms with Crippen LogP contribution in [0.4, 0.5) is 4.79 Å². The molecule has 0 radical (unpaired) electrons. The number of hydrogen-bond acceptors (Lipinski definition) is 4. The fraction of sp³-hybridized carbons (Fsp3) is 0.889. The van der Waals surface area contributed by atoms with E-state index in [0.717, 1.165) is 0 Å². The molecule has 0 aromatic heterocycles. The largest absolute Gasteiger partial charge is 0.443 e. The summed E-state index contributed by atoms with van der Waals surface area (Å²) in [6.07, 6.45) is -0.947. The van der Waals surface area contributed by atoms with Crippen molar-refractivity contribution in [2.45, 2.75) is 51.9 Å². The maximum Gasteiger partial charge on any atom is 0.421 e. The first-order valence-electron chi connectivity index (χ1n) is 4.60. The highest BCUT2D eigenvalue weighted by Gasteiger charge is 2.32. The maximum atomic E-state index is 11.5. The molecule has 0 saturated carbocycles. The number of carbonyl (C=O) groups is 1. The molecule has 6 heteroatoms. The minimum atomic E-state index is -3.69. The Hall–Kier alpha value is -0.780. The number of rotatable bonds is 1. The van der Waals surface area contributed by atoms with E-state index >= 15 is 0 Å². The molecule has 0 saturated heterocycles. The van der Waals surface area contributed by atoms with Gasteiger partial charge in [-0.2, -0.15) is 0 Å². The summed E-state index contributed by atoms with van der Waals surface area (Å²) in [4.78, 5) is 11.2. The first kappa shape index (κ1) is 14.2. The average molecular weight is 237 g/mol. The summed E-state index contributed by atoms with van der Waals surface area (Å²) in [6.45, 7) is 9.49. The molecule has 15 heavy (non-hydrogen) atoms. The Morgan fingerprint density at radius 1 is 1.07 bits per heavy atom. The molecular formula is C9H19NO4S. The zero-order valence-electron chi connectivity index (χ0n) is 10.0. The monoisotopic (exact) mass is 237 g/mol. The van der Waals surface area contributed by atoms with Gasteiger partial charge in [0.1, 0.15) is 5.60 Å². The van der Waals surface area contributed by atoms with Gasteiger partial charge in [0.2, 0.25) is 10.0 Å². The van der Waals surface area contributed by atoms with E-state index in [1.165, 1.54) is 20.8 Å². The van der Waals surface area contributed by atoms with Crippen molar-refractivity contribution in [1.29, 1.82) is 0 Å². The molecule has 1 N–H and O–H groups in total. The van der Waals surface area contributed by atoms with Gasteiger partial charge in [-0.05, 0) is 41.5 Å². The first-order valence-corrected chi connectivity index (χ1v) is 6.09. The molecule has 0 aromatic carbocycles. The number of carbonyl (C=O) groups excluding carboxylic acids is 1. The molecule has 0 spiro atoms. The molecule has 0 heterocycles. The predicted octanol–water partition coefficient (Wildman–Crippen LogP) is 1.64. The highest BCUT2D eigenvalue weighted by molar-refractivity contribution is 7.91. The van der Waals surface area contributed by atoms with Gasteiger partial charge in [0, 0.05) is 0 Å². The van der Waals surface area contributed by atoms with E-state index < -0.39 is 26.5 Å². The number of amides is 1. The second-order valence-electron chi connectivity index (χ2n) is 5.22. The Kier molecular flexibility index (Phi) is 3.79. The maximum absolute atomic E-state index is 11.5. The van der Waals surface area contributed by atoms with Crippen LogP contribution < -0.4 is 4.72 Å². The molecule has 0 bridgehead atoms. The Bertz CT molecular complexity index is 332. The predicted molar refractivity (Wildman–Crippen MR) is 58.0 cm³/mol. The zero-order chi connectivity index (χ0) is 12.5. The van der Waals surface area contributed by atoms with Crippen LogP contribution in [0.1, 0.15) is 41.5 Å². The Labute approximate surface area is 91.2 Å². The number of nitrogens with one attached hydrogen (secondary N) is 1. The molecule has 0 atom stereocenters. The fourth-order valence-corrected chi connectivity index (χ4v) is 1.13. The quantitative estimate of drug-likeness (QED) is 0.752. The molecule has 90 valence electrons. The van der Waals surface area contributed by atoms with Crippen LogP contribution in [-0.4, -0.2) is 24.9 Å². The molecule has 0 fully saturated rings. The lowest BCUT2D eigenvalue weighted by Crippen LogP contribution is -2.44. The SMILES string of the molecule is CC(C)(C)OC(=O)NS(=O)(=O)C(C)(C)C. The van der Waals surface area contributed by atoms with Crippen LogP contribution in [-0.2, 0) is 14.8 Å². The number of hydrogen-bond donors (Lipinski definition) is 1. The topological polar surface area (TPSA) is 72.5 Å². The third kappa shape index (κ3) is 5.01. The van der Waals surface area contributed by atoms with Crippen LogP contribution >= 0.6 is 0 Å². The van der Waals surface area contributed by atoms with Crippen LogP contribution in [0.5, 0.6) is 0 Å². The van der Waals surface area contributed by atoms with Gasteiger partial charge in [0.15, 0.2) is 0 Å². The van der Waals surface area contributed by atoms with Gasteiger partial charge in [-0.15, -0.1) is 0 Å². The van der Waals surface area contributed by atoms with E-state index in [4.69, 9.17) is 4.74 Å². The molecule has 0 aliphatic rings. The number of ether oxygens (including phenoxy) is 1. The van der Waals surface area contributed by atoms with Crippen molar-refractivity contribution in [2.75, 3.05) is 0 Å². The lowest BCUT2D eigenvalue weighted by Gasteiger charge is -2.23. The summed E-state index contributed by atoms with van der Waals surface area (Å²) >= 11 is 0. The summed E-state index contributed by atoms with van der Waals surface area (Å²) in [6, 6.07) is 0. The third-order valence-corrected chi connectivity index (χ3v) is 3.47. The number of sulfonamides is 1. The van der Waals surface area contributed by atoms with Crippen molar-refractivity contribution in [1.82, 2.24) is 4.72 Å². The minimum absolute atomic E-state index is 0.711. The first-order chi connectivity index (χ1) is 6.35. The van der Waals surface area contributed by atoms with Crippen molar-refractivity contribution in [2.24, 2.45) is 0 Å². The lowest BCUT2D eigenvalue weighted by atomic mass is 10.2. The zero-order valence-corrected chi connectivity index (χ0v) is 10.9. The molecule has 0 aromatic rings. The van der Waals surface area contributed by atoms with Gasteiger partial charge in [0.05, 0.1) is 4.75 Å². The van der Waals surface area contributed by atoms with Crippen LogP contribution in [0.15, 0.2) is 0 Å². The van der Waals surface area contributed by atoms with E-state index in [9.17, 15) is 13.2 Å². The smallest absolute Gasteiger partial charge is 0.421 e. The van der Waals surface area contributed by atoms with Gasteiger partial charge >= 0.3 is 6.09 Å². The van der Waals surface area contributed by atoms with Crippen molar-refractivity contribution >= 4 is 16.1 Å². The molecule has 0 rings (SSSR count). The fourth-order valence-electron chi connectivity index (χ4n) is 0.562. The van der Waals surface area contributed by atoms with Crippen LogP contribution in [0.3, 0.4) is 0 Å². The van der Waals surface area contributed by atoms with E-state index in [0.29, 0.717) is 0 Å². The van der Waals surface area contributed by atoms with Crippen molar-refractivity contribution < 1.29 is 17.9 Å². The molecule has 0 aliphatic heterocycles. The van der Waals surface area contributed by atoms with Crippen LogP contribution in [0, 0.1) is 0 Å². The van der Waals surface area contributed by atoms with Crippen molar-refractivity contribution in [3.63, 3.8) is 0 Å².